The minimum atomic E-state index is -4.66. The number of rotatable bonds is 19. The fraction of sp³-hybridized carbons (Fsp3) is 0.459. The Labute approximate surface area is 264 Å². The van der Waals surface area contributed by atoms with E-state index in [4.69, 9.17) is 9.47 Å². The second-order valence-corrected chi connectivity index (χ2v) is 11.4. The van der Waals surface area contributed by atoms with Gasteiger partial charge in [-0.05, 0) is 77.4 Å². The number of aromatic carboxylic acids is 1. The Morgan fingerprint density at radius 3 is 1.82 bits per heavy atom. The third-order valence-corrected chi connectivity index (χ3v) is 7.80. The third kappa shape index (κ3) is 11.6. The van der Waals surface area contributed by atoms with Crippen molar-refractivity contribution in [2.24, 2.45) is 0 Å². The van der Waals surface area contributed by atoms with Crippen molar-refractivity contribution in [1.29, 1.82) is 0 Å². The molecule has 0 bridgehead atoms. The van der Waals surface area contributed by atoms with E-state index in [0.29, 0.717) is 30.6 Å². The average Bonchev–Trinajstić information content (AvgIpc) is 3.03. The number of carboxylic acid groups (broad SMARTS) is 1. The number of carbonyl (C=O) groups is 2. The monoisotopic (exact) mass is 625 g/mol. The molecule has 0 aliphatic rings. The van der Waals surface area contributed by atoms with Crippen molar-refractivity contribution in [2.45, 2.75) is 103 Å². The van der Waals surface area contributed by atoms with Crippen molar-refractivity contribution in [1.82, 2.24) is 0 Å². The summed E-state index contributed by atoms with van der Waals surface area (Å²) in [5.41, 5.74) is 2.65. The van der Waals surface area contributed by atoms with Crippen LogP contribution in [0.4, 0.5) is 13.2 Å². The molecule has 5 nitrogen and oxygen atoms in total. The lowest BCUT2D eigenvalue weighted by Crippen LogP contribution is -2.33. The maximum Gasteiger partial charge on any atom is 0.425 e. The molecule has 0 N–H and O–H groups in total. The summed E-state index contributed by atoms with van der Waals surface area (Å²) < 4.78 is 51.4. The largest absolute Gasteiger partial charge is 0.545 e. The highest BCUT2D eigenvalue weighted by atomic mass is 19.4. The van der Waals surface area contributed by atoms with Crippen molar-refractivity contribution in [3.8, 4) is 28.0 Å². The second-order valence-electron chi connectivity index (χ2n) is 11.4. The number of alkyl halides is 3. The highest BCUT2D eigenvalue weighted by Crippen LogP contribution is 2.35. The molecule has 0 aliphatic carbocycles. The third-order valence-electron chi connectivity index (χ3n) is 7.80. The Morgan fingerprint density at radius 1 is 0.689 bits per heavy atom. The van der Waals surface area contributed by atoms with E-state index in [1.54, 1.807) is 18.2 Å². The number of unbranched alkanes of at least 4 members (excludes halogenated alkanes) is 9. The summed E-state index contributed by atoms with van der Waals surface area (Å²) >= 11 is 0. The predicted octanol–water partition coefficient (Wildman–Crippen LogP) is 9.57. The van der Waals surface area contributed by atoms with Gasteiger partial charge in [-0.15, -0.1) is 0 Å². The van der Waals surface area contributed by atoms with Crippen LogP contribution in [0.3, 0.4) is 0 Å². The van der Waals surface area contributed by atoms with Gasteiger partial charge in [0.1, 0.15) is 5.75 Å². The summed E-state index contributed by atoms with van der Waals surface area (Å²) in [6.45, 7) is 4.81. The Hall–Kier alpha value is -3.81. The number of carbonyl (C=O) groups excluding carboxylic acids is 2. The van der Waals surface area contributed by atoms with Crippen LogP contribution in [0.5, 0.6) is 5.75 Å². The van der Waals surface area contributed by atoms with E-state index in [2.05, 4.69) is 6.92 Å². The van der Waals surface area contributed by atoms with Gasteiger partial charge in [0.25, 0.3) is 0 Å². The van der Waals surface area contributed by atoms with Crippen LogP contribution in [0.25, 0.3) is 22.3 Å². The second kappa shape index (κ2) is 18.2. The molecule has 3 aromatic rings. The number of hydrogen-bond acceptors (Lipinski definition) is 5. The van der Waals surface area contributed by atoms with E-state index in [1.807, 2.05) is 31.2 Å². The molecule has 3 aromatic carbocycles. The molecule has 0 spiro atoms. The smallest absolute Gasteiger partial charge is 0.425 e. The Kier molecular flexibility index (Phi) is 14.4. The standard InChI is InChI=1S/C37H45F3O5/c1-3-5-7-9-10-11-13-25-44-31-22-19-27(20-23-31)32-24-21-30(35(41)42)26-33(32)28-15-17-29(18-16-28)36(43)45-34(37(38,39)40)14-12-8-6-4-2/h15-24,26,34H,3-14,25H2,1-2H3,(H,41,42)/p-1. The van der Waals surface area contributed by atoms with Gasteiger partial charge in [0.2, 0.25) is 0 Å². The molecular weight excluding hydrogens is 581 g/mol. The maximum absolute atomic E-state index is 13.5. The molecule has 0 heterocycles. The molecule has 8 heteroatoms. The zero-order valence-electron chi connectivity index (χ0n) is 26.3. The number of hydrogen-bond donors (Lipinski definition) is 0. The molecular formula is C37H44F3O5-. The van der Waals surface area contributed by atoms with Crippen molar-refractivity contribution in [2.75, 3.05) is 6.61 Å². The fourth-order valence-corrected chi connectivity index (χ4v) is 5.17. The van der Waals surface area contributed by atoms with Crippen LogP contribution in [0.2, 0.25) is 0 Å². The predicted molar refractivity (Wildman–Crippen MR) is 169 cm³/mol. The molecule has 0 aromatic heterocycles. The summed E-state index contributed by atoms with van der Waals surface area (Å²) in [5, 5.41) is 11.6. The van der Waals surface area contributed by atoms with E-state index in [-0.39, 0.29) is 17.5 Å². The van der Waals surface area contributed by atoms with Gasteiger partial charge >= 0.3 is 12.1 Å². The van der Waals surface area contributed by atoms with E-state index < -0.39 is 24.2 Å². The molecule has 3 rings (SSSR count). The van der Waals surface area contributed by atoms with E-state index >= 15 is 0 Å². The zero-order valence-corrected chi connectivity index (χ0v) is 26.3. The molecule has 0 amide bonds. The van der Waals surface area contributed by atoms with Crippen LogP contribution in [0.15, 0.2) is 66.7 Å². The summed E-state index contributed by atoms with van der Waals surface area (Å²) in [6, 6.07) is 18.1. The van der Waals surface area contributed by atoms with Gasteiger partial charge < -0.3 is 19.4 Å². The molecule has 0 radical (unpaired) electrons. The van der Waals surface area contributed by atoms with Crippen LogP contribution in [0, 0.1) is 0 Å². The molecule has 45 heavy (non-hydrogen) atoms. The topological polar surface area (TPSA) is 75.7 Å². The van der Waals surface area contributed by atoms with Crippen LogP contribution in [-0.4, -0.2) is 30.8 Å². The van der Waals surface area contributed by atoms with Crippen LogP contribution in [0.1, 0.15) is 112 Å². The van der Waals surface area contributed by atoms with Crippen molar-refractivity contribution < 1.29 is 37.3 Å². The number of benzene rings is 3. The summed E-state index contributed by atoms with van der Waals surface area (Å²) in [4.78, 5) is 24.3. The lowest BCUT2D eigenvalue weighted by molar-refractivity contribution is -0.255. The first-order valence-electron chi connectivity index (χ1n) is 16.1. The maximum atomic E-state index is 13.5. The lowest BCUT2D eigenvalue weighted by atomic mass is 9.92. The van der Waals surface area contributed by atoms with Gasteiger partial charge in [0, 0.05) is 0 Å². The molecule has 1 atom stereocenters. The number of ether oxygens (including phenoxy) is 2. The molecule has 0 fully saturated rings. The Balaban J connectivity index is 1.72. The minimum Gasteiger partial charge on any atom is -0.545 e. The normalized spacial score (nSPS) is 12.1. The van der Waals surface area contributed by atoms with E-state index in [9.17, 15) is 27.9 Å². The first-order chi connectivity index (χ1) is 21.6. The molecule has 0 aliphatic heterocycles. The van der Waals surface area contributed by atoms with Crippen LogP contribution in [-0.2, 0) is 4.74 Å². The van der Waals surface area contributed by atoms with Crippen molar-refractivity contribution >= 4 is 11.9 Å². The number of carboxylic acids is 1. The van der Waals surface area contributed by atoms with Crippen molar-refractivity contribution in [3.05, 3.63) is 77.9 Å². The first kappa shape index (κ1) is 35.7. The van der Waals surface area contributed by atoms with E-state index in [0.717, 1.165) is 42.6 Å². The SMILES string of the molecule is CCCCCCCCCOc1ccc(-c2ccc(C(=O)[O-])cc2-c2ccc(C(=O)OC(CCCCCC)C(F)(F)F)cc2)cc1. The van der Waals surface area contributed by atoms with Gasteiger partial charge in [-0.1, -0.05) is 108 Å². The lowest BCUT2D eigenvalue weighted by Gasteiger charge is -2.21. The highest BCUT2D eigenvalue weighted by Gasteiger charge is 2.42. The highest BCUT2D eigenvalue weighted by molar-refractivity contribution is 5.94. The van der Waals surface area contributed by atoms with Gasteiger partial charge in [0.05, 0.1) is 18.1 Å². The summed E-state index contributed by atoms with van der Waals surface area (Å²) in [7, 11) is 0. The summed E-state index contributed by atoms with van der Waals surface area (Å²) in [5.74, 6) is -1.66. The van der Waals surface area contributed by atoms with Gasteiger partial charge in [-0.3, -0.25) is 0 Å². The quantitative estimate of drug-likeness (QED) is 0.0980. The van der Waals surface area contributed by atoms with Gasteiger partial charge in [-0.25, -0.2) is 4.79 Å². The minimum absolute atomic E-state index is 0.0250. The Bertz CT molecular complexity index is 1330. The fourth-order valence-electron chi connectivity index (χ4n) is 5.17. The summed E-state index contributed by atoms with van der Waals surface area (Å²) in [6.07, 6.45) is 3.93. The van der Waals surface area contributed by atoms with Gasteiger partial charge in [0.15, 0.2) is 6.10 Å². The Morgan fingerprint density at radius 2 is 1.22 bits per heavy atom. The molecule has 0 saturated heterocycles. The van der Waals surface area contributed by atoms with E-state index in [1.165, 1.54) is 56.4 Å². The van der Waals surface area contributed by atoms with Crippen LogP contribution >= 0.6 is 0 Å². The van der Waals surface area contributed by atoms with Crippen LogP contribution < -0.4 is 9.84 Å². The first-order valence-corrected chi connectivity index (χ1v) is 16.1. The molecule has 244 valence electrons. The number of esters is 1. The number of halogens is 3. The molecule has 0 saturated carbocycles. The molecule has 1 unspecified atom stereocenters. The van der Waals surface area contributed by atoms with Gasteiger partial charge in [-0.2, -0.15) is 13.2 Å². The van der Waals surface area contributed by atoms with Crippen molar-refractivity contribution in [3.63, 3.8) is 0 Å². The zero-order chi connectivity index (χ0) is 32.7. The average molecular weight is 626 g/mol.